The smallest absolute Gasteiger partial charge is 0.349 e. The Labute approximate surface area is 150 Å². The summed E-state index contributed by atoms with van der Waals surface area (Å²) in [6, 6.07) is -1.90. The van der Waals surface area contributed by atoms with E-state index >= 15 is 0 Å². The van der Waals surface area contributed by atoms with Gasteiger partial charge in [0, 0.05) is 13.0 Å². The molecule has 4 amide bonds. The summed E-state index contributed by atoms with van der Waals surface area (Å²) in [5, 5.41) is 15.0. The summed E-state index contributed by atoms with van der Waals surface area (Å²) in [4.78, 5) is 36.6. The van der Waals surface area contributed by atoms with Crippen LogP contribution < -0.4 is 10.6 Å². The largest absolute Gasteiger partial charge is 0.357 e. The molecular formula is C18H33N3O4. The van der Waals surface area contributed by atoms with Crippen LogP contribution in [0.25, 0.3) is 0 Å². The highest BCUT2D eigenvalue weighted by Crippen LogP contribution is 2.21. The van der Waals surface area contributed by atoms with E-state index in [9.17, 15) is 19.6 Å². The highest BCUT2D eigenvalue weighted by Gasteiger charge is 2.35. The van der Waals surface area contributed by atoms with Gasteiger partial charge in [-0.15, -0.1) is 11.6 Å². The van der Waals surface area contributed by atoms with Gasteiger partial charge in [-0.2, -0.15) is 0 Å². The van der Waals surface area contributed by atoms with Crippen molar-refractivity contribution < 1.29 is 19.6 Å². The van der Waals surface area contributed by atoms with Crippen LogP contribution in [0, 0.1) is 17.3 Å². The molecule has 25 heavy (non-hydrogen) atoms. The molecule has 0 aliphatic heterocycles. The summed E-state index contributed by atoms with van der Waals surface area (Å²) in [5.41, 5.74) is -0.586. The van der Waals surface area contributed by atoms with Gasteiger partial charge in [0.2, 0.25) is 5.91 Å². The average molecular weight is 355 g/mol. The molecule has 0 spiro atoms. The highest BCUT2D eigenvalue weighted by molar-refractivity contribution is 5.96. The molecule has 0 fully saturated rings. The Morgan fingerprint density at radius 3 is 2.16 bits per heavy atom. The van der Waals surface area contributed by atoms with Crippen molar-refractivity contribution in [3.63, 3.8) is 0 Å². The Bertz CT molecular complexity index is 483. The summed E-state index contributed by atoms with van der Waals surface area (Å²) >= 11 is 0. The van der Waals surface area contributed by atoms with Crippen molar-refractivity contribution in [3.05, 3.63) is 12.7 Å². The molecule has 0 saturated heterocycles. The van der Waals surface area contributed by atoms with Gasteiger partial charge in [0.15, 0.2) is 0 Å². The first-order valence-corrected chi connectivity index (χ1v) is 8.61. The van der Waals surface area contributed by atoms with E-state index in [0.717, 1.165) is 6.42 Å². The molecule has 3 N–H and O–H groups in total. The second-order valence-corrected chi connectivity index (χ2v) is 7.71. The number of hydroxylamine groups is 2. The number of nitrogens with zero attached hydrogens (tertiary/aromatic N) is 1. The first kappa shape index (κ1) is 23.1. The number of carbonyl (C=O) groups is 3. The van der Waals surface area contributed by atoms with Crippen molar-refractivity contribution in [2.45, 2.75) is 59.9 Å². The van der Waals surface area contributed by atoms with Crippen LogP contribution in [0.3, 0.4) is 0 Å². The topological polar surface area (TPSA) is 98.7 Å². The minimum absolute atomic E-state index is 0.0795. The SMILES string of the molecule is C=CC[C@H](CCC(C)C)C(=O)N(O)C(=O)N[C@H](C(=O)NC)C(C)(C)C. The van der Waals surface area contributed by atoms with Gasteiger partial charge in [-0.3, -0.25) is 14.8 Å². The molecule has 7 nitrogen and oxygen atoms in total. The number of allylic oxidation sites excluding steroid dienone is 1. The molecule has 0 heterocycles. The molecule has 0 aromatic carbocycles. The maximum atomic E-state index is 12.4. The van der Waals surface area contributed by atoms with E-state index in [1.165, 1.54) is 7.05 Å². The molecular weight excluding hydrogens is 322 g/mol. The zero-order valence-corrected chi connectivity index (χ0v) is 16.3. The molecule has 0 rings (SSSR count). The Balaban J connectivity index is 5.11. The van der Waals surface area contributed by atoms with Gasteiger partial charge in [-0.05, 0) is 24.2 Å². The fourth-order valence-electron chi connectivity index (χ4n) is 2.36. The van der Waals surface area contributed by atoms with Crippen molar-refractivity contribution in [2.24, 2.45) is 17.3 Å². The Hall–Kier alpha value is -1.89. The van der Waals surface area contributed by atoms with Crippen molar-refractivity contribution in [2.75, 3.05) is 7.05 Å². The second kappa shape index (κ2) is 10.2. The number of hydrogen-bond acceptors (Lipinski definition) is 4. The zero-order chi connectivity index (χ0) is 19.8. The summed E-state index contributed by atoms with van der Waals surface area (Å²) < 4.78 is 0. The monoisotopic (exact) mass is 355 g/mol. The van der Waals surface area contributed by atoms with Crippen LogP contribution >= 0.6 is 0 Å². The predicted octanol–water partition coefficient (Wildman–Crippen LogP) is 2.70. The minimum Gasteiger partial charge on any atom is -0.357 e. The van der Waals surface area contributed by atoms with Gasteiger partial charge in [-0.25, -0.2) is 4.79 Å². The number of amides is 4. The third-order valence-electron chi connectivity index (χ3n) is 3.94. The van der Waals surface area contributed by atoms with Crippen LogP contribution in [0.5, 0.6) is 0 Å². The first-order chi connectivity index (χ1) is 11.4. The van der Waals surface area contributed by atoms with Crippen LogP contribution in [0.1, 0.15) is 53.9 Å². The van der Waals surface area contributed by atoms with E-state index < -0.39 is 35.2 Å². The van der Waals surface area contributed by atoms with Crippen molar-refractivity contribution in [3.8, 4) is 0 Å². The van der Waals surface area contributed by atoms with Gasteiger partial charge < -0.3 is 10.6 Å². The predicted molar refractivity (Wildman–Crippen MR) is 96.8 cm³/mol. The van der Waals surface area contributed by atoms with E-state index in [0.29, 0.717) is 18.8 Å². The lowest BCUT2D eigenvalue weighted by atomic mass is 9.86. The van der Waals surface area contributed by atoms with Crippen LogP contribution in [0.2, 0.25) is 0 Å². The lowest BCUT2D eigenvalue weighted by Gasteiger charge is -2.31. The molecule has 0 aliphatic rings. The van der Waals surface area contributed by atoms with Gasteiger partial charge >= 0.3 is 6.03 Å². The summed E-state index contributed by atoms with van der Waals surface area (Å²) in [6.45, 7) is 13.0. The minimum atomic E-state index is -1.01. The van der Waals surface area contributed by atoms with Gasteiger partial charge in [0.1, 0.15) is 6.04 Å². The Morgan fingerprint density at radius 2 is 1.76 bits per heavy atom. The number of nitrogens with one attached hydrogen (secondary N) is 2. The normalized spacial score (nSPS) is 13.8. The van der Waals surface area contributed by atoms with E-state index in [4.69, 9.17) is 0 Å². The Morgan fingerprint density at radius 1 is 1.20 bits per heavy atom. The number of hydrogen-bond donors (Lipinski definition) is 3. The fraction of sp³-hybridized carbons (Fsp3) is 0.722. The molecule has 0 bridgehead atoms. The maximum Gasteiger partial charge on any atom is 0.349 e. The summed E-state index contributed by atoms with van der Waals surface area (Å²) in [6.07, 6.45) is 3.30. The van der Waals surface area contributed by atoms with E-state index in [2.05, 4.69) is 17.2 Å². The summed E-state index contributed by atoms with van der Waals surface area (Å²) in [5.74, 6) is -1.21. The molecule has 0 radical (unpaired) electrons. The van der Waals surface area contributed by atoms with Crippen molar-refractivity contribution in [1.82, 2.24) is 15.7 Å². The standard InChI is InChI=1S/C18H33N3O4/c1-8-9-13(11-10-12(2)3)16(23)21(25)17(24)20-14(15(22)19-7)18(4,5)6/h8,12-14,25H,1,9-11H2,2-7H3,(H,19,22)(H,20,24)/t13-,14-/m1/s1. The fourth-order valence-corrected chi connectivity index (χ4v) is 2.36. The quantitative estimate of drug-likeness (QED) is 0.354. The van der Waals surface area contributed by atoms with Crippen molar-refractivity contribution >= 4 is 17.8 Å². The molecule has 0 unspecified atom stereocenters. The average Bonchev–Trinajstić information content (AvgIpc) is 2.52. The number of likely N-dealkylation sites (N-methyl/N-ethyl adjacent to an activating group) is 1. The molecule has 0 aromatic heterocycles. The number of carbonyl (C=O) groups excluding carboxylic acids is 3. The van der Waals surface area contributed by atoms with Crippen LogP contribution in [0.4, 0.5) is 4.79 Å². The second-order valence-electron chi connectivity index (χ2n) is 7.71. The van der Waals surface area contributed by atoms with E-state index in [1.807, 2.05) is 13.8 Å². The third-order valence-corrected chi connectivity index (χ3v) is 3.94. The highest BCUT2D eigenvalue weighted by atomic mass is 16.5. The maximum absolute atomic E-state index is 12.4. The number of imide groups is 1. The molecule has 0 aromatic rings. The molecule has 2 atom stereocenters. The third kappa shape index (κ3) is 7.69. The molecule has 144 valence electrons. The van der Waals surface area contributed by atoms with Gasteiger partial charge in [0.25, 0.3) is 5.91 Å². The van der Waals surface area contributed by atoms with E-state index in [-0.39, 0.29) is 5.06 Å². The molecule has 0 aliphatic carbocycles. The number of rotatable bonds is 8. The number of urea groups is 1. The lowest BCUT2D eigenvalue weighted by molar-refractivity contribution is -0.158. The first-order valence-electron chi connectivity index (χ1n) is 8.61. The lowest BCUT2D eigenvalue weighted by Crippen LogP contribution is -2.56. The van der Waals surface area contributed by atoms with Crippen LogP contribution in [-0.4, -0.2) is 41.2 Å². The van der Waals surface area contributed by atoms with Gasteiger partial charge in [0.05, 0.1) is 0 Å². The van der Waals surface area contributed by atoms with Gasteiger partial charge in [-0.1, -0.05) is 47.1 Å². The van der Waals surface area contributed by atoms with Crippen molar-refractivity contribution in [1.29, 1.82) is 0 Å². The molecule has 7 heteroatoms. The zero-order valence-electron chi connectivity index (χ0n) is 16.3. The summed E-state index contributed by atoms with van der Waals surface area (Å²) in [7, 11) is 1.46. The van der Waals surface area contributed by atoms with E-state index in [1.54, 1.807) is 26.8 Å². The Kier molecular flexibility index (Phi) is 9.41. The molecule has 0 saturated carbocycles. The van der Waals surface area contributed by atoms with Crippen LogP contribution in [-0.2, 0) is 9.59 Å². The van der Waals surface area contributed by atoms with Crippen LogP contribution in [0.15, 0.2) is 12.7 Å².